The SMILES string of the molecule is CCOc1ccc(CNC(C)(C)C(=O)OC)cc1C. The number of rotatable bonds is 6. The first-order valence-electron chi connectivity index (χ1n) is 6.46. The lowest BCUT2D eigenvalue weighted by molar-refractivity contribution is -0.147. The molecular formula is C15H23NO3. The smallest absolute Gasteiger partial charge is 0.325 e. The highest BCUT2D eigenvalue weighted by molar-refractivity contribution is 5.79. The normalized spacial score (nSPS) is 11.2. The number of benzene rings is 1. The van der Waals surface area contributed by atoms with Gasteiger partial charge in [-0.1, -0.05) is 12.1 Å². The van der Waals surface area contributed by atoms with E-state index in [1.807, 2.05) is 26.0 Å². The van der Waals surface area contributed by atoms with Gasteiger partial charge in [0, 0.05) is 6.54 Å². The van der Waals surface area contributed by atoms with Crippen LogP contribution >= 0.6 is 0 Å². The van der Waals surface area contributed by atoms with E-state index in [4.69, 9.17) is 9.47 Å². The maximum Gasteiger partial charge on any atom is 0.325 e. The van der Waals surface area contributed by atoms with Crippen molar-refractivity contribution >= 4 is 5.97 Å². The topological polar surface area (TPSA) is 47.6 Å². The molecule has 0 aliphatic heterocycles. The molecule has 4 nitrogen and oxygen atoms in total. The molecule has 0 saturated heterocycles. The molecule has 0 aliphatic carbocycles. The van der Waals surface area contributed by atoms with Gasteiger partial charge in [-0.15, -0.1) is 0 Å². The highest BCUT2D eigenvalue weighted by Crippen LogP contribution is 2.19. The van der Waals surface area contributed by atoms with Gasteiger partial charge in [0.1, 0.15) is 11.3 Å². The molecule has 0 amide bonds. The largest absolute Gasteiger partial charge is 0.494 e. The lowest BCUT2D eigenvalue weighted by Crippen LogP contribution is -2.46. The molecule has 0 fully saturated rings. The van der Waals surface area contributed by atoms with Gasteiger partial charge in [-0.25, -0.2) is 0 Å². The third-order valence-electron chi connectivity index (χ3n) is 2.97. The number of aryl methyl sites for hydroxylation is 1. The second-order valence-electron chi connectivity index (χ2n) is 5.00. The van der Waals surface area contributed by atoms with Crippen LogP contribution in [0.3, 0.4) is 0 Å². The van der Waals surface area contributed by atoms with Crippen LogP contribution in [0.15, 0.2) is 18.2 Å². The lowest BCUT2D eigenvalue weighted by Gasteiger charge is -2.23. The van der Waals surface area contributed by atoms with E-state index in [1.54, 1.807) is 13.8 Å². The van der Waals surface area contributed by atoms with E-state index in [2.05, 4.69) is 11.4 Å². The van der Waals surface area contributed by atoms with Crippen molar-refractivity contribution in [3.05, 3.63) is 29.3 Å². The average molecular weight is 265 g/mol. The van der Waals surface area contributed by atoms with Gasteiger partial charge in [0.05, 0.1) is 13.7 Å². The summed E-state index contributed by atoms with van der Waals surface area (Å²) < 4.78 is 10.3. The van der Waals surface area contributed by atoms with Crippen molar-refractivity contribution in [2.75, 3.05) is 13.7 Å². The van der Waals surface area contributed by atoms with Crippen molar-refractivity contribution in [3.8, 4) is 5.75 Å². The molecule has 0 radical (unpaired) electrons. The molecule has 0 heterocycles. The van der Waals surface area contributed by atoms with Gasteiger partial charge in [0.15, 0.2) is 0 Å². The highest BCUT2D eigenvalue weighted by atomic mass is 16.5. The summed E-state index contributed by atoms with van der Waals surface area (Å²) in [7, 11) is 1.40. The Hall–Kier alpha value is -1.55. The van der Waals surface area contributed by atoms with Crippen LogP contribution in [0.4, 0.5) is 0 Å². The molecule has 106 valence electrons. The summed E-state index contributed by atoms with van der Waals surface area (Å²) in [5.41, 5.74) is 1.51. The Bertz CT molecular complexity index is 441. The van der Waals surface area contributed by atoms with E-state index in [0.29, 0.717) is 13.2 Å². The zero-order valence-corrected chi connectivity index (χ0v) is 12.4. The molecule has 1 aromatic rings. The second-order valence-corrected chi connectivity index (χ2v) is 5.00. The van der Waals surface area contributed by atoms with Crippen molar-refractivity contribution in [1.29, 1.82) is 0 Å². The quantitative estimate of drug-likeness (QED) is 0.803. The number of hydrogen-bond acceptors (Lipinski definition) is 4. The zero-order valence-electron chi connectivity index (χ0n) is 12.4. The van der Waals surface area contributed by atoms with Crippen molar-refractivity contribution in [3.63, 3.8) is 0 Å². The Morgan fingerprint density at radius 2 is 2.05 bits per heavy atom. The van der Waals surface area contributed by atoms with Gasteiger partial charge in [-0.05, 0) is 44.9 Å². The molecular weight excluding hydrogens is 242 g/mol. The van der Waals surface area contributed by atoms with Crippen molar-refractivity contribution in [2.24, 2.45) is 0 Å². The summed E-state index contributed by atoms with van der Waals surface area (Å²) in [5, 5.41) is 3.19. The van der Waals surface area contributed by atoms with E-state index in [0.717, 1.165) is 16.9 Å². The molecule has 0 unspecified atom stereocenters. The van der Waals surface area contributed by atoms with Crippen LogP contribution in [0.25, 0.3) is 0 Å². The zero-order chi connectivity index (χ0) is 14.5. The molecule has 0 aromatic heterocycles. The Kier molecular flexibility index (Phi) is 5.36. The molecule has 1 aromatic carbocycles. The summed E-state index contributed by atoms with van der Waals surface area (Å²) in [6.45, 7) is 8.86. The van der Waals surface area contributed by atoms with Gasteiger partial charge in [-0.3, -0.25) is 10.1 Å². The first-order chi connectivity index (χ1) is 8.90. The van der Waals surface area contributed by atoms with Crippen LogP contribution < -0.4 is 10.1 Å². The van der Waals surface area contributed by atoms with E-state index < -0.39 is 5.54 Å². The van der Waals surface area contributed by atoms with E-state index >= 15 is 0 Å². The summed E-state index contributed by atoms with van der Waals surface area (Å²) in [6.07, 6.45) is 0. The Labute approximate surface area is 115 Å². The number of hydrogen-bond donors (Lipinski definition) is 1. The van der Waals surface area contributed by atoms with Crippen LogP contribution in [0.5, 0.6) is 5.75 Å². The van der Waals surface area contributed by atoms with Gasteiger partial charge in [-0.2, -0.15) is 0 Å². The number of nitrogens with one attached hydrogen (secondary N) is 1. The maximum atomic E-state index is 11.6. The molecule has 1 rings (SSSR count). The Balaban J connectivity index is 2.68. The monoisotopic (exact) mass is 265 g/mol. The average Bonchev–Trinajstić information content (AvgIpc) is 2.38. The fourth-order valence-electron chi connectivity index (χ4n) is 1.79. The number of carbonyl (C=O) groups is 1. The van der Waals surface area contributed by atoms with E-state index in [9.17, 15) is 4.79 Å². The van der Waals surface area contributed by atoms with E-state index in [-0.39, 0.29) is 5.97 Å². The molecule has 0 atom stereocenters. The number of ether oxygens (including phenoxy) is 2. The van der Waals surface area contributed by atoms with Crippen LogP contribution in [-0.2, 0) is 16.1 Å². The second kappa shape index (κ2) is 6.57. The predicted octanol–water partition coefficient (Wildman–Crippen LogP) is 2.43. The van der Waals surface area contributed by atoms with Crippen LogP contribution in [-0.4, -0.2) is 25.2 Å². The van der Waals surface area contributed by atoms with Gasteiger partial charge >= 0.3 is 5.97 Å². The van der Waals surface area contributed by atoms with Crippen molar-refractivity contribution < 1.29 is 14.3 Å². The fraction of sp³-hybridized carbons (Fsp3) is 0.533. The molecule has 1 N–H and O–H groups in total. The molecule has 4 heteroatoms. The standard InChI is InChI=1S/C15H23NO3/c1-6-19-13-8-7-12(9-11(13)2)10-16-15(3,4)14(17)18-5/h7-9,16H,6,10H2,1-5H3. The first kappa shape index (κ1) is 15.5. The maximum absolute atomic E-state index is 11.6. The molecule has 0 bridgehead atoms. The van der Waals surface area contributed by atoms with Gasteiger partial charge in [0.2, 0.25) is 0 Å². The summed E-state index contributed by atoms with van der Waals surface area (Å²) in [6, 6.07) is 6.02. The van der Waals surface area contributed by atoms with E-state index in [1.165, 1.54) is 7.11 Å². The Morgan fingerprint density at radius 1 is 1.37 bits per heavy atom. The lowest BCUT2D eigenvalue weighted by atomic mass is 10.0. The highest BCUT2D eigenvalue weighted by Gasteiger charge is 2.27. The van der Waals surface area contributed by atoms with Crippen LogP contribution in [0.2, 0.25) is 0 Å². The Morgan fingerprint density at radius 3 is 2.58 bits per heavy atom. The third kappa shape index (κ3) is 4.24. The molecule has 0 aliphatic rings. The minimum atomic E-state index is -0.693. The number of esters is 1. The minimum Gasteiger partial charge on any atom is -0.494 e. The van der Waals surface area contributed by atoms with Crippen LogP contribution in [0, 0.1) is 6.92 Å². The summed E-state index contributed by atoms with van der Waals surface area (Å²) in [5.74, 6) is 0.633. The molecule has 19 heavy (non-hydrogen) atoms. The third-order valence-corrected chi connectivity index (χ3v) is 2.97. The summed E-state index contributed by atoms with van der Waals surface area (Å²) >= 11 is 0. The predicted molar refractivity (Wildman–Crippen MR) is 75.3 cm³/mol. The fourth-order valence-corrected chi connectivity index (χ4v) is 1.79. The number of carbonyl (C=O) groups excluding carboxylic acids is 1. The van der Waals surface area contributed by atoms with Gasteiger partial charge in [0.25, 0.3) is 0 Å². The molecule has 0 spiro atoms. The first-order valence-corrected chi connectivity index (χ1v) is 6.46. The van der Waals surface area contributed by atoms with Gasteiger partial charge < -0.3 is 9.47 Å². The summed E-state index contributed by atoms with van der Waals surface area (Å²) in [4.78, 5) is 11.6. The van der Waals surface area contributed by atoms with Crippen molar-refractivity contribution in [2.45, 2.75) is 39.8 Å². The van der Waals surface area contributed by atoms with Crippen molar-refractivity contribution in [1.82, 2.24) is 5.32 Å². The minimum absolute atomic E-state index is 0.268. The number of methoxy groups -OCH3 is 1. The molecule has 0 saturated carbocycles. The van der Waals surface area contributed by atoms with Crippen LogP contribution in [0.1, 0.15) is 31.9 Å².